The number of methoxy groups -OCH3 is 1. The van der Waals surface area contributed by atoms with Gasteiger partial charge in [0.05, 0.1) is 12.7 Å². The Morgan fingerprint density at radius 3 is 2.47 bits per heavy atom. The van der Waals surface area contributed by atoms with E-state index in [4.69, 9.17) is 4.74 Å². The van der Waals surface area contributed by atoms with Crippen LogP contribution in [0.15, 0.2) is 48.7 Å². The fourth-order valence-electron chi connectivity index (χ4n) is 1.29. The van der Waals surface area contributed by atoms with Crippen molar-refractivity contribution in [2.45, 2.75) is 0 Å². The Bertz CT molecular complexity index is 494. The van der Waals surface area contributed by atoms with Crippen LogP contribution >= 0.6 is 0 Å². The van der Waals surface area contributed by atoms with Gasteiger partial charge in [-0.05, 0) is 18.2 Å². The summed E-state index contributed by atoms with van der Waals surface area (Å²) in [5.41, 5.74) is 0.396. The first-order valence-corrected chi connectivity index (χ1v) is 5.07. The van der Waals surface area contributed by atoms with E-state index in [0.717, 1.165) is 0 Å². The number of pyridine rings is 1. The predicted octanol–water partition coefficient (Wildman–Crippen LogP) is 2.66. The molecule has 0 fully saturated rings. The maximum Gasteiger partial charge on any atom is 0.339 e. The number of carbonyl (C=O) groups is 1. The monoisotopic (exact) mass is 229 g/mol. The average Bonchev–Trinajstić information content (AvgIpc) is 2.40. The van der Waals surface area contributed by atoms with Crippen molar-refractivity contribution in [2.24, 2.45) is 0 Å². The molecule has 1 aromatic heterocycles. The first-order chi connectivity index (χ1) is 8.29. The zero-order chi connectivity index (χ0) is 12.1. The van der Waals surface area contributed by atoms with Crippen molar-refractivity contribution in [3.8, 4) is 11.6 Å². The summed E-state index contributed by atoms with van der Waals surface area (Å²) >= 11 is 0. The summed E-state index contributed by atoms with van der Waals surface area (Å²) in [5.74, 6) is 0.721. The van der Waals surface area contributed by atoms with Crippen LogP contribution < -0.4 is 4.74 Å². The molecule has 0 unspecified atom stereocenters. The molecule has 0 aliphatic carbocycles. The van der Waals surface area contributed by atoms with E-state index in [9.17, 15) is 4.79 Å². The number of carbonyl (C=O) groups excluding carboxylic acids is 1. The fraction of sp³-hybridized carbons (Fsp3) is 0.0769. The van der Waals surface area contributed by atoms with Gasteiger partial charge in [0.15, 0.2) is 0 Å². The van der Waals surface area contributed by atoms with E-state index >= 15 is 0 Å². The number of benzene rings is 1. The van der Waals surface area contributed by atoms with Crippen LogP contribution in [0, 0.1) is 0 Å². The minimum absolute atomic E-state index is 0.396. The summed E-state index contributed by atoms with van der Waals surface area (Å²) < 4.78 is 10.1. The molecule has 0 aliphatic heterocycles. The third-order valence-electron chi connectivity index (χ3n) is 2.12. The molecule has 0 atom stereocenters. The van der Waals surface area contributed by atoms with E-state index in [2.05, 4.69) is 9.72 Å². The zero-order valence-electron chi connectivity index (χ0n) is 9.29. The lowest BCUT2D eigenvalue weighted by atomic mass is 10.3. The van der Waals surface area contributed by atoms with Crippen LogP contribution in [0.3, 0.4) is 0 Å². The minimum Gasteiger partial charge on any atom is -0.465 e. The van der Waals surface area contributed by atoms with Gasteiger partial charge in [-0.15, -0.1) is 0 Å². The molecule has 0 aliphatic rings. The number of rotatable bonds is 3. The van der Waals surface area contributed by atoms with E-state index in [1.807, 2.05) is 30.3 Å². The first kappa shape index (κ1) is 11.1. The van der Waals surface area contributed by atoms with Gasteiger partial charge in [0.25, 0.3) is 0 Å². The van der Waals surface area contributed by atoms with E-state index in [1.165, 1.54) is 13.3 Å². The number of esters is 1. The highest BCUT2D eigenvalue weighted by Gasteiger charge is 2.05. The summed E-state index contributed by atoms with van der Waals surface area (Å²) in [4.78, 5) is 15.2. The predicted molar refractivity (Wildman–Crippen MR) is 62.1 cm³/mol. The molecule has 86 valence electrons. The Kier molecular flexibility index (Phi) is 3.35. The van der Waals surface area contributed by atoms with Crippen LogP contribution in [-0.4, -0.2) is 18.1 Å². The van der Waals surface area contributed by atoms with Crippen molar-refractivity contribution in [2.75, 3.05) is 7.11 Å². The average molecular weight is 229 g/mol. The molecule has 1 heterocycles. The van der Waals surface area contributed by atoms with Crippen molar-refractivity contribution in [3.63, 3.8) is 0 Å². The van der Waals surface area contributed by atoms with Gasteiger partial charge in [-0.1, -0.05) is 18.2 Å². The van der Waals surface area contributed by atoms with E-state index < -0.39 is 5.97 Å². The van der Waals surface area contributed by atoms with Gasteiger partial charge in [-0.2, -0.15) is 0 Å². The molecule has 0 bridgehead atoms. The van der Waals surface area contributed by atoms with Gasteiger partial charge < -0.3 is 9.47 Å². The summed E-state index contributed by atoms with van der Waals surface area (Å²) in [6, 6.07) is 12.5. The van der Waals surface area contributed by atoms with Gasteiger partial charge in [-0.3, -0.25) is 0 Å². The quantitative estimate of drug-likeness (QED) is 0.759. The third-order valence-corrected chi connectivity index (χ3v) is 2.12. The Hall–Kier alpha value is -2.36. The molecular formula is C13H11NO3. The highest BCUT2D eigenvalue weighted by Crippen LogP contribution is 2.18. The smallest absolute Gasteiger partial charge is 0.339 e. The van der Waals surface area contributed by atoms with Gasteiger partial charge in [0.1, 0.15) is 5.75 Å². The highest BCUT2D eigenvalue weighted by atomic mass is 16.5. The second-order valence-electron chi connectivity index (χ2n) is 3.29. The molecule has 2 aromatic rings. The third kappa shape index (κ3) is 2.81. The molecule has 0 saturated heterocycles. The highest BCUT2D eigenvalue weighted by molar-refractivity contribution is 5.88. The van der Waals surface area contributed by atoms with Crippen LogP contribution in [0.4, 0.5) is 0 Å². The standard InChI is InChI=1S/C13H11NO3/c1-16-13(15)10-7-8-12(14-9-10)17-11-5-3-2-4-6-11/h2-9H,1H3. The number of hydrogen-bond acceptors (Lipinski definition) is 4. The molecule has 1 aromatic carbocycles. The van der Waals surface area contributed by atoms with E-state index in [0.29, 0.717) is 17.2 Å². The minimum atomic E-state index is -0.413. The number of aromatic nitrogens is 1. The molecule has 17 heavy (non-hydrogen) atoms. The van der Waals surface area contributed by atoms with Gasteiger partial charge in [0, 0.05) is 12.3 Å². The van der Waals surface area contributed by atoms with Crippen LogP contribution in [0.1, 0.15) is 10.4 Å². The number of hydrogen-bond donors (Lipinski definition) is 0. The summed E-state index contributed by atoms with van der Waals surface area (Å²) in [7, 11) is 1.33. The Morgan fingerprint density at radius 2 is 1.88 bits per heavy atom. The number of nitrogens with zero attached hydrogens (tertiary/aromatic N) is 1. The number of para-hydroxylation sites is 1. The van der Waals surface area contributed by atoms with Crippen molar-refractivity contribution < 1.29 is 14.3 Å². The molecule has 0 saturated carbocycles. The summed E-state index contributed by atoms with van der Waals surface area (Å²) in [6.45, 7) is 0. The Morgan fingerprint density at radius 1 is 1.12 bits per heavy atom. The normalized spacial score (nSPS) is 9.71. The van der Waals surface area contributed by atoms with Crippen molar-refractivity contribution in [1.29, 1.82) is 0 Å². The molecule has 4 nitrogen and oxygen atoms in total. The first-order valence-electron chi connectivity index (χ1n) is 5.07. The Balaban J connectivity index is 2.11. The zero-order valence-corrected chi connectivity index (χ0v) is 9.29. The van der Waals surface area contributed by atoms with Gasteiger partial charge in [-0.25, -0.2) is 9.78 Å². The van der Waals surface area contributed by atoms with Crippen LogP contribution in [0.25, 0.3) is 0 Å². The summed E-state index contributed by atoms with van der Waals surface area (Å²) in [6.07, 6.45) is 1.42. The lowest BCUT2D eigenvalue weighted by molar-refractivity contribution is 0.0600. The van der Waals surface area contributed by atoms with Crippen molar-refractivity contribution >= 4 is 5.97 Å². The van der Waals surface area contributed by atoms with Gasteiger partial charge >= 0.3 is 5.97 Å². The molecule has 0 amide bonds. The van der Waals surface area contributed by atoms with Crippen molar-refractivity contribution in [1.82, 2.24) is 4.98 Å². The largest absolute Gasteiger partial charge is 0.465 e. The molecule has 4 heteroatoms. The van der Waals surface area contributed by atoms with Crippen LogP contribution in [0.2, 0.25) is 0 Å². The molecular weight excluding hydrogens is 218 g/mol. The van der Waals surface area contributed by atoms with Crippen molar-refractivity contribution in [3.05, 3.63) is 54.2 Å². The second kappa shape index (κ2) is 5.12. The lowest BCUT2D eigenvalue weighted by Gasteiger charge is -2.04. The lowest BCUT2D eigenvalue weighted by Crippen LogP contribution is -2.01. The Labute approximate surface area is 98.8 Å². The van der Waals surface area contributed by atoms with Crippen LogP contribution in [0.5, 0.6) is 11.6 Å². The molecule has 2 rings (SSSR count). The number of ether oxygens (including phenoxy) is 2. The topological polar surface area (TPSA) is 48.4 Å². The fourth-order valence-corrected chi connectivity index (χ4v) is 1.29. The van der Waals surface area contributed by atoms with Gasteiger partial charge in [0.2, 0.25) is 5.88 Å². The second-order valence-corrected chi connectivity index (χ2v) is 3.29. The molecule has 0 radical (unpaired) electrons. The maximum atomic E-state index is 11.2. The summed E-state index contributed by atoms with van der Waals surface area (Å²) in [5, 5.41) is 0. The van der Waals surface area contributed by atoms with E-state index in [1.54, 1.807) is 12.1 Å². The molecule has 0 N–H and O–H groups in total. The SMILES string of the molecule is COC(=O)c1ccc(Oc2ccccc2)nc1. The van der Waals surface area contributed by atoms with Crippen LogP contribution in [-0.2, 0) is 4.74 Å². The van der Waals surface area contributed by atoms with E-state index in [-0.39, 0.29) is 0 Å². The maximum absolute atomic E-state index is 11.2. The molecule has 0 spiro atoms.